The molecule has 0 bridgehead atoms. The van der Waals surface area contributed by atoms with Crippen molar-refractivity contribution in [1.82, 2.24) is 9.71 Å². The van der Waals surface area contributed by atoms with Gasteiger partial charge in [0.2, 0.25) is 10.0 Å². The number of amides is 1. The van der Waals surface area contributed by atoms with E-state index in [9.17, 15) is 17.6 Å². The van der Waals surface area contributed by atoms with Crippen LogP contribution in [-0.2, 0) is 10.0 Å². The van der Waals surface area contributed by atoms with Crippen molar-refractivity contribution in [3.8, 4) is 0 Å². The molecule has 9 heteroatoms. The first kappa shape index (κ1) is 16.3. The molecule has 0 fully saturated rings. The smallest absolute Gasteiger partial charge is 0.257 e. The lowest BCUT2D eigenvalue weighted by atomic mass is 10.2. The van der Waals surface area contributed by atoms with Crippen molar-refractivity contribution >= 4 is 32.4 Å². The fraction of sp³-hybridized carbons (Fsp3) is 0.0769. The third-order valence-electron chi connectivity index (χ3n) is 2.55. The van der Waals surface area contributed by atoms with Gasteiger partial charge in [0, 0.05) is 23.7 Å². The van der Waals surface area contributed by atoms with E-state index in [1.165, 1.54) is 29.7 Å². The van der Waals surface area contributed by atoms with Crippen LogP contribution in [0.3, 0.4) is 0 Å². The highest BCUT2D eigenvalue weighted by Crippen LogP contribution is 2.18. The molecule has 1 aromatic heterocycles. The van der Waals surface area contributed by atoms with E-state index < -0.39 is 26.6 Å². The highest BCUT2D eigenvalue weighted by molar-refractivity contribution is 7.89. The van der Waals surface area contributed by atoms with Gasteiger partial charge in [-0.15, -0.1) is 17.9 Å². The van der Waals surface area contributed by atoms with Crippen LogP contribution in [0.15, 0.2) is 47.3 Å². The maximum absolute atomic E-state index is 13.7. The Bertz CT molecular complexity index is 789. The molecule has 0 saturated carbocycles. The SMILES string of the molecule is C=CCNS(=O)(=O)c1cc(C(=O)Nc2nccs2)ccc1F. The Kier molecular flexibility index (Phi) is 5.01. The van der Waals surface area contributed by atoms with Gasteiger partial charge in [0.05, 0.1) is 0 Å². The van der Waals surface area contributed by atoms with E-state index in [-0.39, 0.29) is 12.1 Å². The first-order chi connectivity index (χ1) is 10.4. The third kappa shape index (κ3) is 3.75. The average molecular weight is 341 g/mol. The number of carbonyl (C=O) groups excluding carboxylic acids is 1. The van der Waals surface area contributed by atoms with Crippen LogP contribution in [0.4, 0.5) is 9.52 Å². The van der Waals surface area contributed by atoms with E-state index in [4.69, 9.17) is 0 Å². The van der Waals surface area contributed by atoms with Crippen LogP contribution in [0, 0.1) is 5.82 Å². The minimum atomic E-state index is -4.06. The van der Waals surface area contributed by atoms with Crippen molar-refractivity contribution in [2.24, 2.45) is 0 Å². The van der Waals surface area contributed by atoms with Crippen LogP contribution in [-0.4, -0.2) is 25.9 Å². The molecule has 116 valence electrons. The summed E-state index contributed by atoms with van der Waals surface area (Å²) in [5, 5.41) is 4.53. The van der Waals surface area contributed by atoms with E-state index in [0.717, 1.165) is 12.1 Å². The maximum Gasteiger partial charge on any atom is 0.257 e. The molecule has 2 aromatic rings. The first-order valence-corrected chi connectivity index (χ1v) is 8.41. The lowest BCUT2D eigenvalue weighted by Crippen LogP contribution is -2.25. The van der Waals surface area contributed by atoms with Gasteiger partial charge >= 0.3 is 0 Å². The standard InChI is InChI=1S/C13H12FN3O3S2/c1-2-5-16-22(19,20)11-8-9(3-4-10(11)14)12(18)17-13-15-6-7-21-13/h2-4,6-8,16H,1,5H2,(H,15,17,18). The Balaban J connectivity index is 2.30. The molecule has 0 unspecified atom stereocenters. The zero-order valence-electron chi connectivity index (χ0n) is 11.2. The molecule has 0 spiro atoms. The van der Waals surface area contributed by atoms with Crippen LogP contribution < -0.4 is 10.0 Å². The molecule has 0 atom stereocenters. The number of anilines is 1. The van der Waals surface area contributed by atoms with E-state index >= 15 is 0 Å². The lowest BCUT2D eigenvalue weighted by Gasteiger charge is -2.08. The molecule has 2 rings (SSSR count). The fourth-order valence-electron chi connectivity index (χ4n) is 1.55. The Morgan fingerprint density at radius 1 is 1.45 bits per heavy atom. The Hall–Kier alpha value is -2.10. The number of hydrogen-bond donors (Lipinski definition) is 2. The summed E-state index contributed by atoms with van der Waals surface area (Å²) in [5.74, 6) is -1.52. The van der Waals surface area contributed by atoms with E-state index in [2.05, 4.69) is 21.6 Å². The van der Waals surface area contributed by atoms with Crippen LogP contribution in [0.25, 0.3) is 0 Å². The Labute approximate surface area is 130 Å². The van der Waals surface area contributed by atoms with Crippen molar-refractivity contribution in [2.45, 2.75) is 4.90 Å². The van der Waals surface area contributed by atoms with Crippen molar-refractivity contribution in [2.75, 3.05) is 11.9 Å². The Morgan fingerprint density at radius 3 is 2.86 bits per heavy atom. The van der Waals surface area contributed by atoms with Crippen molar-refractivity contribution in [3.63, 3.8) is 0 Å². The molecule has 22 heavy (non-hydrogen) atoms. The molecule has 1 aromatic carbocycles. The number of carbonyl (C=O) groups is 1. The summed E-state index contributed by atoms with van der Waals surface area (Å²) in [6.45, 7) is 3.33. The van der Waals surface area contributed by atoms with Gasteiger partial charge in [0.25, 0.3) is 5.91 Å². The van der Waals surface area contributed by atoms with Gasteiger partial charge in [-0.2, -0.15) is 0 Å². The first-order valence-electron chi connectivity index (χ1n) is 6.05. The number of rotatable bonds is 6. The quantitative estimate of drug-likeness (QED) is 0.787. The van der Waals surface area contributed by atoms with Gasteiger partial charge in [-0.05, 0) is 18.2 Å². The number of thiazole rings is 1. The van der Waals surface area contributed by atoms with Gasteiger partial charge < -0.3 is 0 Å². The number of aromatic nitrogens is 1. The predicted octanol–water partition coefficient (Wildman–Crippen LogP) is 2.00. The van der Waals surface area contributed by atoms with Crippen LogP contribution in [0.2, 0.25) is 0 Å². The molecule has 1 amide bonds. The summed E-state index contributed by atoms with van der Waals surface area (Å²) in [5.41, 5.74) is 0.00979. The fourth-order valence-corrected chi connectivity index (χ4v) is 3.17. The second kappa shape index (κ2) is 6.77. The van der Waals surface area contributed by atoms with E-state index in [1.54, 1.807) is 5.38 Å². The molecule has 0 saturated heterocycles. The highest BCUT2D eigenvalue weighted by Gasteiger charge is 2.20. The number of hydrogen-bond acceptors (Lipinski definition) is 5. The van der Waals surface area contributed by atoms with Gasteiger partial charge in [0.1, 0.15) is 10.7 Å². The number of benzene rings is 1. The van der Waals surface area contributed by atoms with Gasteiger partial charge in [-0.1, -0.05) is 6.08 Å². The topological polar surface area (TPSA) is 88.2 Å². The van der Waals surface area contributed by atoms with E-state index in [1.807, 2.05) is 0 Å². The van der Waals surface area contributed by atoms with Crippen LogP contribution in [0.5, 0.6) is 0 Å². The number of halogens is 1. The Morgan fingerprint density at radius 2 is 2.23 bits per heavy atom. The number of nitrogens with zero attached hydrogens (tertiary/aromatic N) is 1. The summed E-state index contributed by atoms with van der Waals surface area (Å²) < 4.78 is 39.8. The third-order valence-corrected chi connectivity index (χ3v) is 4.68. The minimum absolute atomic E-state index is 0.00979. The molecular formula is C13H12FN3O3S2. The molecule has 6 nitrogen and oxygen atoms in total. The number of nitrogens with one attached hydrogen (secondary N) is 2. The summed E-state index contributed by atoms with van der Waals surface area (Å²) in [6, 6.07) is 3.10. The lowest BCUT2D eigenvalue weighted by molar-refractivity contribution is 0.102. The molecule has 0 aliphatic carbocycles. The normalized spacial score (nSPS) is 11.1. The molecule has 1 heterocycles. The molecule has 0 aliphatic heterocycles. The summed E-state index contributed by atoms with van der Waals surface area (Å²) in [4.78, 5) is 15.3. The zero-order chi connectivity index (χ0) is 16.2. The van der Waals surface area contributed by atoms with Gasteiger partial charge in [0.15, 0.2) is 5.13 Å². The van der Waals surface area contributed by atoms with Crippen molar-refractivity contribution < 1.29 is 17.6 Å². The highest BCUT2D eigenvalue weighted by atomic mass is 32.2. The second-order valence-corrected chi connectivity index (χ2v) is 6.71. The monoisotopic (exact) mass is 341 g/mol. The molecule has 2 N–H and O–H groups in total. The largest absolute Gasteiger partial charge is 0.298 e. The van der Waals surface area contributed by atoms with Crippen molar-refractivity contribution in [3.05, 3.63) is 53.8 Å². The maximum atomic E-state index is 13.7. The molecule has 0 aliphatic rings. The summed E-state index contributed by atoms with van der Waals surface area (Å²) >= 11 is 1.21. The van der Waals surface area contributed by atoms with E-state index in [0.29, 0.717) is 5.13 Å². The second-order valence-electron chi connectivity index (χ2n) is 4.08. The summed E-state index contributed by atoms with van der Waals surface area (Å²) in [6.07, 6.45) is 2.84. The van der Waals surface area contributed by atoms with Gasteiger partial charge in [-0.3, -0.25) is 10.1 Å². The van der Waals surface area contributed by atoms with Crippen LogP contribution >= 0.6 is 11.3 Å². The predicted molar refractivity (Wildman–Crippen MR) is 81.9 cm³/mol. The minimum Gasteiger partial charge on any atom is -0.298 e. The zero-order valence-corrected chi connectivity index (χ0v) is 12.9. The number of sulfonamides is 1. The molecule has 0 radical (unpaired) electrons. The average Bonchev–Trinajstić information content (AvgIpc) is 2.98. The van der Waals surface area contributed by atoms with Crippen molar-refractivity contribution in [1.29, 1.82) is 0 Å². The molecular weight excluding hydrogens is 329 g/mol. The van der Waals surface area contributed by atoms with Crippen LogP contribution in [0.1, 0.15) is 10.4 Å². The summed E-state index contributed by atoms with van der Waals surface area (Å²) in [7, 11) is -4.06. The van der Waals surface area contributed by atoms with Gasteiger partial charge in [-0.25, -0.2) is 22.5 Å².